The van der Waals surface area contributed by atoms with E-state index in [2.05, 4.69) is 4.98 Å². The second-order valence-electron chi connectivity index (χ2n) is 6.03. The number of nitriles is 1. The van der Waals surface area contributed by atoms with Crippen LogP contribution in [0.1, 0.15) is 26.5 Å². The van der Waals surface area contributed by atoms with E-state index in [-0.39, 0.29) is 26.5 Å². The molecular weight excluding hydrogens is 349 g/mol. The van der Waals surface area contributed by atoms with Crippen LogP contribution >= 0.6 is 8.38 Å². The van der Waals surface area contributed by atoms with Crippen molar-refractivity contribution in [2.24, 2.45) is 0 Å². The number of rotatable bonds is 6. The van der Waals surface area contributed by atoms with Crippen LogP contribution in [0.15, 0.2) is 15.8 Å². The molecule has 10 heteroatoms. The molecule has 0 saturated carbocycles. The standard InChI is InChI=1S/C15H20N3O6P/c1-9-7-18(14(20)17-12(9)19)13-10-11(15(2,23-13)8-21-10)24-25(3)22-6-4-5-16/h7,10-11,13H,4,6,8H2,1-3H3,(H,17,19,20)/t10-,11+,13-,15+,25?/m1/s1/i2D. The molecule has 2 aliphatic heterocycles. The molecule has 2 fully saturated rings. The highest BCUT2D eigenvalue weighted by atomic mass is 31.2. The van der Waals surface area contributed by atoms with Gasteiger partial charge in [-0.1, -0.05) is 0 Å². The van der Waals surface area contributed by atoms with Gasteiger partial charge in [0.1, 0.15) is 17.8 Å². The van der Waals surface area contributed by atoms with E-state index in [9.17, 15) is 9.59 Å². The Balaban J connectivity index is 1.83. The van der Waals surface area contributed by atoms with Crippen molar-refractivity contribution in [3.8, 4) is 6.07 Å². The number of aromatic amines is 1. The van der Waals surface area contributed by atoms with Crippen molar-refractivity contribution < 1.29 is 19.9 Å². The summed E-state index contributed by atoms with van der Waals surface area (Å²) >= 11 is 0. The average molecular weight is 370 g/mol. The number of ether oxygens (including phenoxy) is 2. The molecule has 3 heterocycles. The first-order chi connectivity index (χ1) is 12.4. The highest BCUT2D eigenvalue weighted by Crippen LogP contribution is 2.50. The highest BCUT2D eigenvalue weighted by Gasteiger charge is 2.61. The fourth-order valence-corrected chi connectivity index (χ4v) is 3.94. The molecule has 2 aliphatic rings. The number of nitrogens with one attached hydrogen (secondary N) is 1. The minimum Gasteiger partial charge on any atom is -0.368 e. The summed E-state index contributed by atoms with van der Waals surface area (Å²) in [6.07, 6.45) is -0.308. The zero-order valence-corrected chi connectivity index (χ0v) is 14.8. The maximum Gasteiger partial charge on any atom is 0.330 e. The van der Waals surface area contributed by atoms with Crippen LogP contribution in [-0.4, -0.2) is 47.2 Å². The van der Waals surface area contributed by atoms with Gasteiger partial charge in [-0.3, -0.25) is 14.3 Å². The molecule has 1 aromatic rings. The van der Waals surface area contributed by atoms with E-state index in [4.69, 9.17) is 25.2 Å². The van der Waals surface area contributed by atoms with Crippen LogP contribution in [0.4, 0.5) is 0 Å². The second kappa shape index (κ2) is 6.98. The summed E-state index contributed by atoms with van der Waals surface area (Å²) < 4.78 is 32.4. The summed E-state index contributed by atoms with van der Waals surface area (Å²) in [6.45, 7) is 3.68. The lowest BCUT2D eigenvalue weighted by molar-refractivity contribution is -0.167. The maximum absolute atomic E-state index is 12.2. The molecule has 5 atom stereocenters. The topological polar surface area (TPSA) is 116 Å². The average Bonchev–Trinajstić information content (AvgIpc) is 3.10. The van der Waals surface area contributed by atoms with Gasteiger partial charge in [-0.15, -0.1) is 0 Å². The van der Waals surface area contributed by atoms with Crippen molar-refractivity contribution in [2.75, 3.05) is 19.9 Å². The van der Waals surface area contributed by atoms with E-state index in [0.29, 0.717) is 5.56 Å². The number of aromatic nitrogens is 2. The third kappa shape index (κ3) is 3.41. The van der Waals surface area contributed by atoms with Gasteiger partial charge >= 0.3 is 5.69 Å². The minimum absolute atomic E-state index is 0.108. The Morgan fingerprint density at radius 2 is 2.44 bits per heavy atom. The molecule has 136 valence electrons. The summed E-state index contributed by atoms with van der Waals surface area (Å²) in [7, 11) is -1.30. The first-order valence-electron chi connectivity index (χ1n) is 8.43. The van der Waals surface area contributed by atoms with Crippen molar-refractivity contribution >= 4 is 8.38 Å². The van der Waals surface area contributed by atoms with Gasteiger partial charge in [0.05, 0.1) is 25.7 Å². The zero-order valence-electron chi connectivity index (χ0n) is 14.9. The minimum atomic E-state index is -1.30. The number of H-pyrrole nitrogens is 1. The van der Waals surface area contributed by atoms with E-state index in [1.54, 1.807) is 13.6 Å². The third-order valence-corrected chi connectivity index (χ3v) is 5.21. The molecule has 25 heavy (non-hydrogen) atoms. The second-order valence-corrected chi connectivity index (χ2v) is 7.38. The van der Waals surface area contributed by atoms with Crippen LogP contribution in [0.3, 0.4) is 0 Å². The van der Waals surface area contributed by atoms with Crippen molar-refractivity contribution in [2.45, 2.75) is 44.3 Å². The van der Waals surface area contributed by atoms with E-state index in [1.807, 2.05) is 6.07 Å². The number of fused-ring (bicyclic) bond motifs is 2. The summed E-state index contributed by atoms with van der Waals surface area (Å²) in [5, 5.41) is 8.58. The number of nitrogens with zero attached hydrogens (tertiary/aromatic N) is 2. The van der Waals surface area contributed by atoms with Crippen LogP contribution in [0.25, 0.3) is 0 Å². The van der Waals surface area contributed by atoms with Gasteiger partial charge in [-0.2, -0.15) is 5.26 Å². The first-order valence-corrected chi connectivity index (χ1v) is 9.35. The Hall–Kier alpha value is -1.56. The Morgan fingerprint density at radius 1 is 1.64 bits per heavy atom. The quantitative estimate of drug-likeness (QED) is 0.581. The molecule has 0 spiro atoms. The number of aryl methyl sites for hydroxylation is 1. The van der Waals surface area contributed by atoms with Gasteiger partial charge < -0.3 is 18.5 Å². The van der Waals surface area contributed by atoms with Gasteiger partial charge in [0.25, 0.3) is 5.56 Å². The summed E-state index contributed by atoms with van der Waals surface area (Å²) in [4.78, 5) is 26.0. The predicted octanol–water partition coefficient (Wildman–Crippen LogP) is 0.789. The van der Waals surface area contributed by atoms with Gasteiger partial charge in [-0.25, -0.2) is 4.79 Å². The lowest BCUT2D eigenvalue weighted by atomic mass is 10.0. The molecule has 1 aromatic heterocycles. The predicted molar refractivity (Wildman–Crippen MR) is 88.2 cm³/mol. The molecule has 1 unspecified atom stereocenters. The Morgan fingerprint density at radius 3 is 3.16 bits per heavy atom. The molecule has 9 nitrogen and oxygen atoms in total. The fourth-order valence-electron chi connectivity index (χ4n) is 2.90. The zero-order chi connectivity index (χ0) is 18.9. The first kappa shape index (κ1) is 16.9. The van der Waals surface area contributed by atoms with Gasteiger partial charge in [0, 0.05) is 19.8 Å². The third-order valence-electron chi connectivity index (χ3n) is 4.14. The van der Waals surface area contributed by atoms with Crippen molar-refractivity contribution in [1.29, 1.82) is 5.26 Å². The lowest BCUT2D eigenvalue weighted by Gasteiger charge is -2.28. The summed E-state index contributed by atoms with van der Waals surface area (Å²) in [5.74, 6) is 0. The smallest absolute Gasteiger partial charge is 0.330 e. The van der Waals surface area contributed by atoms with Crippen LogP contribution in [0.2, 0.25) is 0 Å². The molecular formula is C15H20N3O6P. The SMILES string of the molecule is [2H]C[C@@]12CO[C@@H]([C@H](n3cc(C)c(=O)[nH]c3=O)O1)[C@@H]2OP(C)OCCC#N. The van der Waals surface area contributed by atoms with Gasteiger partial charge in [0.15, 0.2) is 14.6 Å². The fraction of sp³-hybridized carbons (Fsp3) is 0.667. The van der Waals surface area contributed by atoms with Crippen LogP contribution in [0, 0.1) is 18.3 Å². The largest absolute Gasteiger partial charge is 0.368 e. The van der Waals surface area contributed by atoms with Gasteiger partial charge in [-0.05, 0) is 13.8 Å². The molecule has 2 bridgehead atoms. The van der Waals surface area contributed by atoms with Crippen LogP contribution in [0.5, 0.6) is 0 Å². The van der Waals surface area contributed by atoms with E-state index < -0.39 is 43.7 Å². The lowest BCUT2D eigenvalue weighted by Crippen LogP contribution is -2.40. The highest BCUT2D eigenvalue weighted by molar-refractivity contribution is 7.46. The summed E-state index contributed by atoms with van der Waals surface area (Å²) in [5.41, 5.74) is -1.70. The number of hydrogen-bond acceptors (Lipinski definition) is 7. The Labute approximate surface area is 146 Å². The van der Waals surface area contributed by atoms with Crippen molar-refractivity contribution in [1.82, 2.24) is 9.55 Å². The summed E-state index contributed by atoms with van der Waals surface area (Å²) in [6, 6.07) is 1.99. The molecule has 2 saturated heterocycles. The van der Waals surface area contributed by atoms with E-state index in [0.717, 1.165) is 0 Å². The Bertz CT molecular complexity index is 823. The number of hydrogen-bond donors (Lipinski definition) is 1. The van der Waals surface area contributed by atoms with Crippen molar-refractivity contribution in [3.05, 3.63) is 32.6 Å². The van der Waals surface area contributed by atoms with E-state index >= 15 is 0 Å². The van der Waals surface area contributed by atoms with E-state index in [1.165, 1.54) is 10.8 Å². The molecule has 0 aromatic carbocycles. The Kier molecular flexibility index (Phi) is 4.71. The van der Waals surface area contributed by atoms with Crippen LogP contribution in [-0.2, 0) is 18.5 Å². The van der Waals surface area contributed by atoms with Crippen molar-refractivity contribution in [3.63, 3.8) is 0 Å². The molecule has 0 radical (unpaired) electrons. The van der Waals surface area contributed by atoms with Crippen LogP contribution < -0.4 is 11.2 Å². The molecule has 3 rings (SSSR count). The maximum atomic E-state index is 12.2. The molecule has 0 amide bonds. The molecule has 0 aliphatic carbocycles. The molecule has 1 N–H and O–H groups in total. The van der Waals surface area contributed by atoms with Gasteiger partial charge in [0.2, 0.25) is 0 Å². The monoisotopic (exact) mass is 370 g/mol. The normalized spacial score (nSPS) is 32.4.